The number of anilines is 1. The van der Waals surface area contributed by atoms with Crippen LogP contribution in [0.2, 0.25) is 0 Å². The van der Waals surface area contributed by atoms with Gasteiger partial charge in [-0.05, 0) is 70.1 Å². The van der Waals surface area contributed by atoms with E-state index in [1.807, 2.05) is 28.7 Å². The average molecular weight is 569 g/mol. The molecule has 34 heavy (non-hydrogen) atoms. The molecular formula is C24H16IN3O6. The van der Waals surface area contributed by atoms with Crippen molar-refractivity contribution in [1.29, 1.82) is 5.26 Å². The van der Waals surface area contributed by atoms with Crippen LogP contribution in [0.5, 0.6) is 5.75 Å². The van der Waals surface area contributed by atoms with Crippen LogP contribution in [0.3, 0.4) is 0 Å². The highest BCUT2D eigenvalue weighted by Crippen LogP contribution is 2.25. The van der Waals surface area contributed by atoms with Crippen LogP contribution in [0.4, 0.5) is 11.4 Å². The number of carbonyl (C=O) groups is 2. The van der Waals surface area contributed by atoms with Crippen LogP contribution in [0.1, 0.15) is 21.5 Å². The first-order valence-electron chi connectivity index (χ1n) is 9.69. The lowest BCUT2D eigenvalue weighted by Gasteiger charge is -2.09. The largest absolute Gasteiger partial charge is 0.488 e. The summed E-state index contributed by atoms with van der Waals surface area (Å²) in [5, 5.41) is 31.9. The third kappa shape index (κ3) is 6.39. The van der Waals surface area contributed by atoms with Gasteiger partial charge in [-0.1, -0.05) is 24.3 Å². The Balaban J connectivity index is 1.71. The maximum atomic E-state index is 12.5. The fourth-order valence-electron chi connectivity index (χ4n) is 2.89. The number of nitrogens with one attached hydrogen (secondary N) is 1. The Morgan fingerprint density at radius 3 is 2.59 bits per heavy atom. The summed E-state index contributed by atoms with van der Waals surface area (Å²) in [5.74, 6) is -1.27. The van der Waals surface area contributed by atoms with Gasteiger partial charge in [0.15, 0.2) is 0 Å². The molecule has 0 aromatic heterocycles. The summed E-state index contributed by atoms with van der Waals surface area (Å²) < 4.78 is 6.47. The van der Waals surface area contributed by atoms with E-state index in [-0.39, 0.29) is 29.1 Å². The van der Waals surface area contributed by atoms with Gasteiger partial charge in [0.05, 0.1) is 14.1 Å². The lowest BCUT2D eigenvalue weighted by Crippen LogP contribution is -2.14. The molecule has 0 aliphatic carbocycles. The number of hydrogen-bond acceptors (Lipinski definition) is 6. The number of nitriles is 1. The average Bonchev–Trinajstić information content (AvgIpc) is 2.82. The normalized spacial score (nSPS) is 10.8. The third-order valence-electron chi connectivity index (χ3n) is 4.52. The Kier molecular flexibility index (Phi) is 7.94. The number of non-ortho nitro benzene ring substituents is 1. The molecule has 3 aromatic rings. The highest BCUT2D eigenvalue weighted by Gasteiger charge is 2.12. The number of benzene rings is 3. The molecule has 0 fully saturated rings. The second-order valence-corrected chi connectivity index (χ2v) is 8.08. The molecule has 1 amide bonds. The minimum absolute atomic E-state index is 0.00976. The topological polar surface area (TPSA) is 143 Å². The van der Waals surface area contributed by atoms with Gasteiger partial charge >= 0.3 is 5.97 Å². The number of carboxylic acid groups (broad SMARTS) is 1. The van der Waals surface area contributed by atoms with Crippen LogP contribution in [0.15, 0.2) is 72.3 Å². The number of rotatable bonds is 8. The molecule has 0 bridgehead atoms. The lowest BCUT2D eigenvalue weighted by atomic mass is 10.1. The van der Waals surface area contributed by atoms with Crippen LogP contribution in [0.25, 0.3) is 6.08 Å². The van der Waals surface area contributed by atoms with Crippen molar-refractivity contribution in [2.45, 2.75) is 6.61 Å². The zero-order chi connectivity index (χ0) is 24.7. The van der Waals surface area contributed by atoms with Crippen LogP contribution >= 0.6 is 22.6 Å². The number of carboxylic acids is 1. The lowest BCUT2D eigenvalue weighted by molar-refractivity contribution is -0.384. The van der Waals surface area contributed by atoms with Crippen molar-refractivity contribution in [2.75, 3.05) is 5.32 Å². The number of aromatic carboxylic acids is 1. The third-order valence-corrected chi connectivity index (χ3v) is 5.36. The summed E-state index contributed by atoms with van der Waals surface area (Å²) in [6, 6.07) is 18.8. The van der Waals surface area contributed by atoms with E-state index in [4.69, 9.17) is 9.84 Å². The Labute approximate surface area is 207 Å². The van der Waals surface area contributed by atoms with Crippen molar-refractivity contribution in [3.63, 3.8) is 0 Å². The first-order chi connectivity index (χ1) is 16.3. The smallest absolute Gasteiger partial charge is 0.335 e. The van der Waals surface area contributed by atoms with E-state index in [2.05, 4.69) is 5.32 Å². The number of nitro benzene ring substituents is 1. The maximum absolute atomic E-state index is 12.5. The van der Waals surface area contributed by atoms with Gasteiger partial charge in [0.2, 0.25) is 0 Å². The van der Waals surface area contributed by atoms with Crippen LogP contribution in [0, 0.1) is 25.0 Å². The van der Waals surface area contributed by atoms with Crippen LogP contribution < -0.4 is 10.1 Å². The second kappa shape index (κ2) is 11.1. The maximum Gasteiger partial charge on any atom is 0.335 e. The number of carbonyl (C=O) groups excluding carboxylic acids is 1. The summed E-state index contributed by atoms with van der Waals surface area (Å²) in [6.07, 6.45) is 1.41. The molecule has 3 rings (SSSR count). The predicted molar refractivity (Wildman–Crippen MR) is 132 cm³/mol. The van der Waals surface area contributed by atoms with Gasteiger partial charge in [-0.15, -0.1) is 0 Å². The van der Waals surface area contributed by atoms with Gasteiger partial charge in [0, 0.05) is 17.8 Å². The second-order valence-electron chi connectivity index (χ2n) is 6.92. The molecule has 0 heterocycles. The number of halogens is 1. The highest BCUT2D eigenvalue weighted by atomic mass is 127. The molecule has 0 unspecified atom stereocenters. The van der Waals surface area contributed by atoms with E-state index in [0.717, 1.165) is 0 Å². The molecule has 0 saturated carbocycles. The molecule has 0 aliphatic rings. The first-order valence-corrected chi connectivity index (χ1v) is 10.8. The molecule has 0 radical (unpaired) electrons. The van der Waals surface area contributed by atoms with Gasteiger partial charge in [-0.3, -0.25) is 14.9 Å². The van der Waals surface area contributed by atoms with E-state index >= 15 is 0 Å². The van der Waals surface area contributed by atoms with Gasteiger partial charge in [-0.2, -0.15) is 5.26 Å². The Bertz CT molecular complexity index is 1350. The van der Waals surface area contributed by atoms with Crippen LogP contribution in [-0.4, -0.2) is 21.9 Å². The fraction of sp³-hybridized carbons (Fsp3) is 0.0417. The van der Waals surface area contributed by atoms with E-state index in [1.165, 1.54) is 42.5 Å². The Morgan fingerprint density at radius 2 is 1.91 bits per heavy atom. The fourth-order valence-corrected chi connectivity index (χ4v) is 3.58. The molecule has 0 spiro atoms. The zero-order valence-electron chi connectivity index (χ0n) is 17.4. The van der Waals surface area contributed by atoms with Crippen molar-refractivity contribution < 1.29 is 24.4 Å². The number of ether oxygens (including phenoxy) is 1. The quantitative estimate of drug-likeness (QED) is 0.128. The Morgan fingerprint density at radius 1 is 1.15 bits per heavy atom. The minimum atomic E-state index is -1.13. The van der Waals surface area contributed by atoms with Crippen molar-refractivity contribution in [3.05, 3.63) is 103 Å². The van der Waals surface area contributed by atoms with E-state index < -0.39 is 16.8 Å². The summed E-state index contributed by atoms with van der Waals surface area (Å²) in [7, 11) is 0. The predicted octanol–water partition coefficient (Wildman–Crippen LogP) is 5.02. The molecule has 0 atom stereocenters. The molecule has 0 saturated heterocycles. The SMILES string of the molecule is N#C/C(=C/c1ccc(OCc2cccc([N+](=O)[O-])c2)c(I)c1)C(=O)Nc1cccc(C(=O)O)c1. The van der Waals surface area contributed by atoms with Gasteiger partial charge < -0.3 is 15.2 Å². The first kappa shape index (κ1) is 24.4. The number of amides is 1. The number of nitro groups is 1. The van der Waals surface area contributed by atoms with Gasteiger partial charge in [-0.25, -0.2) is 4.79 Å². The van der Waals surface area contributed by atoms with Gasteiger partial charge in [0.25, 0.3) is 11.6 Å². The van der Waals surface area contributed by atoms with Crippen LogP contribution in [-0.2, 0) is 11.4 Å². The van der Waals surface area contributed by atoms with Crippen molar-refractivity contribution in [3.8, 4) is 11.8 Å². The molecule has 3 aromatic carbocycles. The number of nitrogens with zero attached hydrogens (tertiary/aromatic N) is 2. The van der Waals surface area contributed by atoms with E-state index in [0.29, 0.717) is 20.4 Å². The van der Waals surface area contributed by atoms with E-state index in [9.17, 15) is 25.0 Å². The molecule has 2 N–H and O–H groups in total. The summed E-state index contributed by atoms with van der Waals surface area (Å²) >= 11 is 2.05. The summed E-state index contributed by atoms with van der Waals surface area (Å²) in [5.41, 5.74) is 1.30. The van der Waals surface area contributed by atoms with Crippen molar-refractivity contribution >= 4 is 51.9 Å². The minimum Gasteiger partial charge on any atom is -0.488 e. The van der Waals surface area contributed by atoms with Crippen molar-refractivity contribution in [1.82, 2.24) is 0 Å². The number of hydrogen-bond donors (Lipinski definition) is 2. The standard InChI is InChI=1S/C24H16IN3O6/c25-21-11-15(7-8-22(21)34-14-16-3-1-6-20(10-16)28(32)33)9-18(13-26)23(29)27-19-5-2-4-17(12-19)24(30)31/h1-12H,14H2,(H,27,29)(H,30,31)/b18-9-. The van der Waals surface area contributed by atoms with Crippen molar-refractivity contribution in [2.24, 2.45) is 0 Å². The molecule has 10 heteroatoms. The highest BCUT2D eigenvalue weighted by molar-refractivity contribution is 14.1. The zero-order valence-corrected chi connectivity index (χ0v) is 19.6. The molecular weight excluding hydrogens is 553 g/mol. The monoisotopic (exact) mass is 569 g/mol. The van der Waals surface area contributed by atoms with Gasteiger partial charge in [0.1, 0.15) is 24.0 Å². The molecule has 170 valence electrons. The molecule has 9 nitrogen and oxygen atoms in total. The van der Waals surface area contributed by atoms with E-state index in [1.54, 1.807) is 30.3 Å². The summed E-state index contributed by atoms with van der Waals surface area (Å²) in [6.45, 7) is 0.133. The summed E-state index contributed by atoms with van der Waals surface area (Å²) in [4.78, 5) is 34.0. The molecule has 0 aliphatic heterocycles. The Hall–Kier alpha value is -4.24.